The first-order valence-corrected chi connectivity index (χ1v) is 7.12. The molecule has 0 aliphatic carbocycles. The highest BCUT2D eigenvalue weighted by atomic mass is 79.9. The van der Waals surface area contributed by atoms with Gasteiger partial charge in [-0.2, -0.15) is 0 Å². The van der Waals surface area contributed by atoms with Crippen LogP contribution in [0.25, 0.3) is 0 Å². The molecule has 84 valence electrons. The average molecular weight is 299 g/mol. The number of rotatable bonds is 0. The standard InChI is InChI=1S/C11H11BrN2OS/c1-16-11-13-4-8-9(12)6-15-5-7-2-3-14(11)10(7)8/h4,6H,2-3,5H2,1H3. The van der Waals surface area contributed by atoms with Gasteiger partial charge in [-0.05, 0) is 34.2 Å². The fraction of sp³-hybridized carbons (Fsp3) is 0.364. The van der Waals surface area contributed by atoms with Gasteiger partial charge in [0, 0.05) is 18.3 Å². The van der Waals surface area contributed by atoms with Crippen LogP contribution in [0.15, 0.2) is 38.8 Å². The number of thioether (sulfide) groups is 1. The summed E-state index contributed by atoms with van der Waals surface area (Å²) in [6, 6.07) is 0. The van der Waals surface area contributed by atoms with Crippen LogP contribution in [0.4, 0.5) is 0 Å². The minimum Gasteiger partial charge on any atom is -0.496 e. The maximum absolute atomic E-state index is 5.51. The van der Waals surface area contributed by atoms with E-state index in [9.17, 15) is 0 Å². The maximum Gasteiger partial charge on any atom is 0.168 e. The zero-order chi connectivity index (χ0) is 11.1. The molecule has 0 atom stereocenters. The van der Waals surface area contributed by atoms with Gasteiger partial charge in [0.2, 0.25) is 0 Å². The highest BCUT2D eigenvalue weighted by Gasteiger charge is 2.32. The van der Waals surface area contributed by atoms with Crippen molar-refractivity contribution in [3.05, 3.63) is 33.8 Å². The van der Waals surface area contributed by atoms with E-state index in [1.54, 1.807) is 18.0 Å². The van der Waals surface area contributed by atoms with E-state index in [1.165, 1.54) is 11.3 Å². The molecule has 0 saturated heterocycles. The van der Waals surface area contributed by atoms with Crippen LogP contribution in [0.3, 0.4) is 0 Å². The fourth-order valence-electron chi connectivity index (χ4n) is 2.20. The molecule has 0 aromatic heterocycles. The molecule has 0 fully saturated rings. The Labute approximate surface area is 107 Å². The summed E-state index contributed by atoms with van der Waals surface area (Å²) in [5.74, 6) is 0. The Morgan fingerprint density at radius 2 is 2.44 bits per heavy atom. The number of halogens is 1. The second-order valence-corrected chi connectivity index (χ2v) is 5.42. The van der Waals surface area contributed by atoms with Gasteiger partial charge in [-0.1, -0.05) is 11.8 Å². The molecular formula is C11H11BrN2OS. The molecule has 3 aliphatic rings. The Morgan fingerprint density at radius 3 is 3.25 bits per heavy atom. The fourth-order valence-corrected chi connectivity index (χ4v) is 3.19. The predicted molar refractivity (Wildman–Crippen MR) is 70.3 cm³/mol. The van der Waals surface area contributed by atoms with Crippen molar-refractivity contribution in [2.24, 2.45) is 4.99 Å². The van der Waals surface area contributed by atoms with Crippen molar-refractivity contribution in [1.82, 2.24) is 4.90 Å². The van der Waals surface area contributed by atoms with E-state index in [-0.39, 0.29) is 0 Å². The van der Waals surface area contributed by atoms with Gasteiger partial charge < -0.3 is 9.64 Å². The summed E-state index contributed by atoms with van der Waals surface area (Å²) < 4.78 is 6.49. The molecular weight excluding hydrogens is 288 g/mol. The first-order valence-electron chi connectivity index (χ1n) is 5.11. The van der Waals surface area contributed by atoms with E-state index in [2.05, 4.69) is 32.1 Å². The zero-order valence-electron chi connectivity index (χ0n) is 8.86. The number of allylic oxidation sites excluding steroid dienone is 1. The highest BCUT2D eigenvalue weighted by molar-refractivity contribution is 9.12. The van der Waals surface area contributed by atoms with Crippen molar-refractivity contribution in [1.29, 1.82) is 0 Å². The second-order valence-electron chi connectivity index (χ2n) is 3.79. The third-order valence-corrected chi connectivity index (χ3v) is 4.22. The van der Waals surface area contributed by atoms with Gasteiger partial charge >= 0.3 is 0 Å². The molecule has 0 N–H and O–H groups in total. The Balaban J connectivity index is 2.14. The van der Waals surface area contributed by atoms with Crippen LogP contribution in [0.5, 0.6) is 0 Å². The van der Waals surface area contributed by atoms with Crippen LogP contribution in [-0.4, -0.2) is 29.5 Å². The smallest absolute Gasteiger partial charge is 0.168 e. The van der Waals surface area contributed by atoms with Gasteiger partial charge in [0.1, 0.15) is 6.61 Å². The van der Waals surface area contributed by atoms with Crippen molar-refractivity contribution in [2.75, 3.05) is 19.4 Å². The number of nitrogens with zero attached hydrogens (tertiary/aromatic N) is 2. The Hall–Kier alpha value is -0.680. The first kappa shape index (κ1) is 10.5. The highest BCUT2D eigenvalue weighted by Crippen LogP contribution is 2.40. The molecule has 3 heterocycles. The van der Waals surface area contributed by atoms with Crippen LogP contribution in [0.1, 0.15) is 6.42 Å². The molecule has 0 unspecified atom stereocenters. The normalized spacial score (nSPS) is 23.1. The summed E-state index contributed by atoms with van der Waals surface area (Å²) in [4.78, 5) is 6.78. The van der Waals surface area contributed by atoms with Crippen molar-refractivity contribution < 1.29 is 4.74 Å². The van der Waals surface area contributed by atoms with E-state index in [0.717, 1.165) is 28.2 Å². The number of hydrogen-bond acceptors (Lipinski definition) is 4. The van der Waals surface area contributed by atoms with Gasteiger partial charge in [-0.25, -0.2) is 4.99 Å². The summed E-state index contributed by atoms with van der Waals surface area (Å²) in [5, 5.41) is 1.08. The van der Waals surface area contributed by atoms with E-state index in [1.807, 2.05) is 6.20 Å². The van der Waals surface area contributed by atoms with Crippen molar-refractivity contribution >= 4 is 32.9 Å². The quantitative estimate of drug-likeness (QED) is 0.687. The summed E-state index contributed by atoms with van der Waals surface area (Å²) in [6.07, 6.45) is 6.83. The Bertz CT molecular complexity index is 465. The topological polar surface area (TPSA) is 24.8 Å². The molecule has 3 nitrogen and oxygen atoms in total. The number of hydrogen-bond donors (Lipinski definition) is 0. The third-order valence-electron chi connectivity index (χ3n) is 2.92. The summed E-state index contributed by atoms with van der Waals surface area (Å²) in [6.45, 7) is 1.71. The number of ether oxygens (including phenoxy) is 1. The molecule has 0 spiro atoms. The molecule has 0 aromatic carbocycles. The summed E-state index contributed by atoms with van der Waals surface area (Å²) >= 11 is 5.23. The van der Waals surface area contributed by atoms with Crippen LogP contribution < -0.4 is 0 Å². The summed E-state index contributed by atoms with van der Waals surface area (Å²) in [7, 11) is 0. The molecule has 3 rings (SSSR count). The van der Waals surface area contributed by atoms with Crippen LogP contribution in [-0.2, 0) is 4.74 Å². The zero-order valence-corrected chi connectivity index (χ0v) is 11.3. The predicted octanol–water partition coefficient (Wildman–Crippen LogP) is 2.83. The van der Waals surface area contributed by atoms with Gasteiger partial charge in [-0.3, -0.25) is 0 Å². The summed E-state index contributed by atoms with van der Waals surface area (Å²) in [5.41, 5.74) is 3.81. The van der Waals surface area contributed by atoms with E-state index in [0.29, 0.717) is 6.61 Å². The van der Waals surface area contributed by atoms with E-state index >= 15 is 0 Å². The van der Waals surface area contributed by atoms with Gasteiger partial charge in [0.15, 0.2) is 5.17 Å². The minimum absolute atomic E-state index is 0.694. The molecule has 0 aromatic rings. The first-order chi connectivity index (χ1) is 7.81. The van der Waals surface area contributed by atoms with Crippen molar-refractivity contribution in [3.63, 3.8) is 0 Å². The molecule has 3 aliphatic heterocycles. The second kappa shape index (κ2) is 3.96. The van der Waals surface area contributed by atoms with E-state index < -0.39 is 0 Å². The maximum atomic E-state index is 5.51. The molecule has 0 saturated carbocycles. The Morgan fingerprint density at radius 1 is 1.56 bits per heavy atom. The molecule has 5 heteroatoms. The molecule has 0 amide bonds. The molecule has 0 bridgehead atoms. The van der Waals surface area contributed by atoms with Crippen molar-refractivity contribution in [3.8, 4) is 0 Å². The lowest BCUT2D eigenvalue weighted by molar-refractivity contribution is 0.279. The van der Waals surface area contributed by atoms with Gasteiger partial charge in [0.05, 0.1) is 16.4 Å². The largest absolute Gasteiger partial charge is 0.496 e. The minimum atomic E-state index is 0.694. The third kappa shape index (κ3) is 1.45. The monoisotopic (exact) mass is 298 g/mol. The average Bonchev–Trinajstić information content (AvgIpc) is 2.64. The number of aliphatic imine (C=N–C) groups is 1. The lowest BCUT2D eigenvalue weighted by Gasteiger charge is -2.26. The van der Waals surface area contributed by atoms with E-state index in [4.69, 9.17) is 4.74 Å². The van der Waals surface area contributed by atoms with Crippen LogP contribution >= 0.6 is 27.7 Å². The molecule has 16 heavy (non-hydrogen) atoms. The van der Waals surface area contributed by atoms with Crippen LogP contribution in [0.2, 0.25) is 0 Å². The SMILES string of the molecule is CSC1=NC=C2C(Br)=COCC3=C2N1CC3. The molecule has 0 radical (unpaired) electrons. The lowest BCUT2D eigenvalue weighted by atomic mass is 10.1. The van der Waals surface area contributed by atoms with Gasteiger partial charge in [0.25, 0.3) is 0 Å². The Kier molecular flexibility index (Phi) is 2.59. The van der Waals surface area contributed by atoms with Gasteiger partial charge in [-0.15, -0.1) is 0 Å². The number of amidine groups is 1. The van der Waals surface area contributed by atoms with Crippen molar-refractivity contribution in [2.45, 2.75) is 6.42 Å². The lowest BCUT2D eigenvalue weighted by Crippen LogP contribution is -2.28. The van der Waals surface area contributed by atoms with Crippen LogP contribution in [0, 0.1) is 0 Å².